The van der Waals surface area contributed by atoms with Crippen LogP contribution >= 0.6 is 0 Å². The van der Waals surface area contributed by atoms with Gasteiger partial charge < -0.3 is 14.9 Å². The van der Waals surface area contributed by atoms with E-state index in [0.29, 0.717) is 5.76 Å². The van der Waals surface area contributed by atoms with Gasteiger partial charge in [-0.3, -0.25) is 0 Å². The van der Waals surface area contributed by atoms with Gasteiger partial charge in [-0.05, 0) is 0 Å². The summed E-state index contributed by atoms with van der Waals surface area (Å²) >= 11 is 0. The highest BCUT2D eigenvalue weighted by Gasteiger charge is 1.97. The van der Waals surface area contributed by atoms with Gasteiger partial charge in [0.15, 0.2) is 5.76 Å². The normalized spacial score (nSPS) is 9.20. The molecule has 10 heavy (non-hydrogen) atoms. The van der Waals surface area contributed by atoms with Crippen LogP contribution in [0.25, 0.3) is 0 Å². The number of hydrogen-bond donors (Lipinski definition) is 2. The Morgan fingerprint density at radius 3 is 3.20 bits per heavy atom. The van der Waals surface area contributed by atoms with Crippen LogP contribution in [0, 0.1) is 0 Å². The van der Waals surface area contributed by atoms with E-state index in [-0.39, 0.29) is 6.54 Å². The van der Waals surface area contributed by atoms with Gasteiger partial charge in [0.2, 0.25) is 0 Å². The predicted octanol–water partition coefficient (Wildman–Crippen LogP) is 0.442. The van der Waals surface area contributed by atoms with Crippen LogP contribution in [0.5, 0.6) is 0 Å². The largest absolute Gasteiger partial charge is 0.465 e. The molecule has 0 unspecified atom stereocenters. The number of hydrogen-bond acceptors (Lipinski definition) is 3. The summed E-state index contributed by atoms with van der Waals surface area (Å²) < 4.78 is 4.61. The summed E-state index contributed by atoms with van der Waals surface area (Å²) in [6, 6.07) is 1.59. The molecule has 0 spiro atoms. The molecule has 0 aromatic carbocycles. The van der Waals surface area contributed by atoms with Crippen molar-refractivity contribution in [3.8, 4) is 0 Å². The average Bonchev–Trinajstić information content (AvgIpc) is 2.34. The van der Waals surface area contributed by atoms with E-state index < -0.39 is 6.09 Å². The lowest BCUT2D eigenvalue weighted by atomic mass is 10.5. The molecule has 5 heteroatoms. The van der Waals surface area contributed by atoms with E-state index >= 15 is 0 Å². The van der Waals surface area contributed by atoms with E-state index in [2.05, 4.69) is 15.0 Å². The molecule has 1 aromatic heterocycles. The van der Waals surface area contributed by atoms with Gasteiger partial charge in [-0.15, -0.1) is 0 Å². The van der Waals surface area contributed by atoms with Crippen molar-refractivity contribution in [3.63, 3.8) is 0 Å². The third-order valence-electron chi connectivity index (χ3n) is 0.905. The van der Waals surface area contributed by atoms with Crippen molar-refractivity contribution in [3.05, 3.63) is 18.0 Å². The second-order valence-electron chi connectivity index (χ2n) is 1.64. The van der Waals surface area contributed by atoms with E-state index in [4.69, 9.17) is 5.11 Å². The zero-order chi connectivity index (χ0) is 7.40. The molecule has 1 aromatic rings. The maximum atomic E-state index is 9.92. The lowest BCUT2D eigenvalue weighted by molar-refractivity contribution is 0.192. The summed E-state index contributed by atoms with van der Waals surface area (Å²) in [5.41, 5.74) is 0. The number of nitrogens with zero attached hydrogens (tertiary/aromatic N) is 1. The molecule has 0 aliphatic carbocycles. The van der Waals surface area contributed by atoms with Gasteiger partial charge in [0.1, 0.15) is 0 Å². The third kappa shape index (κ3) is 1.77. The number of carboxylic acid groups (broad SMARTS) is 1. The quantitative estimate of drug-likeness (QED) is 0.628. The SMILES string of the molecule is O=C(O)NCc1ccno1. The van der Waals surface area contributed by atoms with Gasteiger partial charge >= 0.3 is 6.09 Å². The Morgan fingerprint density at radius 1 is 1.90 bits per heavy atom. The number of rotatable bonds is 2. The second kappa shape index (κ2) is 2.86. The van der Waals surface area contributed by atoms with E-state index in [1.165, 1.54) is 6.20 Å². The molecule has 0 saturated carbocycles. The lowest BCUT2D eigenvalue weighted by Gasteiger charge is -1.92. The van der Waals surface area contributed by atoms with E-state index in [0.717, 1.165) is 0 Å². The zero-order valence-electron chi connectivity index (χ0n) is 5.07. The highest BCUT2D eigenvalue weighted by Crippen LogP contribution is 1.93. The van der Waals surface area contributed by atoms with Crippen LogP contribution in [-0.2, 0) is 6.54 Å². The first-order valence-corrected chi connectivity index (χ1v) is 2.65. The summed E-state index contributed by atoms with van der Waals surface area (Å²) in [5, 5.41) is 13.7. The fraction of sp³-hybridized carbons (Fsp3) is 0.200. The predicted molar refractivity (Wildman–Crippen MR) is 31.4 cm³/mol. The fourth-order valence-corrected chi connectivity index (χ4v) is 0.496. The topological polar surface area (TPSA) is 75.4 Å². The van der Waals surface area contributed by atoms with Gasteiger partial charge in [0.05, 0.1) is 12.7 Å². The number of nitrogens with one attached hydrogen (secondary N) is 1. The van der Waals surface area contributed by atoms with E-state index in [1.807, 2.05) is 0 Å². The Hall–Kier alpha value is -1.52. The van der Waals surface area contributed by atoms with Gasteiger partial charge in [0, 0.05) is 6.07 Å². The Bertz CT molecular complexity index is 207. The standard InChI is InChI=1S/C5H6N2O3/c8-5(9)6-3-4-1-2-7-10-4/h1-2,6H,3H2,(H,8,9). The van der Waals surface area contributed by atoms with Gasteiger partial charge in [-0.25, -0.2) is 4.79 Å². The monoisotopic (exact) mass is 142 g/mol. The van der Waals surface area contributed by atoms with E-state index in [1.54, 1.807) is 6.07 Å². The molecular formula is C5H6N2O3. The number of aromatic nitrogens is 1. The zero-order valence-corrected chi connectivity index (χ0v) is 5.07. The first kappa shape index (κ1) is 6.60. The smallest absolute Gasteiger partial charge is 0.405 e. The van der Waals surface area contributed by atoms with Crippen molar-refractivity contribution in [2.45, 2.75) is 6.54 Å². The Balaban J connectivity index is 2.35. The van der Waals surface area contributed by atoms with Crippen molar-refractivity contribution in [2.75, 3.05) is 0 Å². The summed E-state index contributed by atoms with van der Waals surface area (Å²) in [7, 11) is 0. The van der Waals surface area contributed by atoms with Gasteiger partial charge in [-0.1, -0.05) is 5.16 Å². The fourth-order valence-electron chi connectivity index (χ4n) is 0.496. The van der Waals surface area contributed by atoms with Crippen molar-refractivity contribution in [1.82, 2.24) is 10.5 Å². The first-order chi connectivity index (χ1) is 4.79. The summed E-state index contributed by atoms with van der Waals surface area (Å²) in [6.45, 7) is 0.162. The minimum absolute atomic E-state index is 0.162. The van der Waals surface area contributed by atoms with Crippen LogP contribution in [0.1, 0.15) is 5.76 Å². The molecule has 0 aliphatic rings. The molecule has 1 rings (SSSR count). The van der Waals surface area contributed by atoms with Crippen molar-refractivity contribution >= 4 is 6.09 Å². The second-order valence-corrected chi connectivity index (χ2v) is 1.64. The molecule has 2 N–H and O–H groups in total. The molecule has 1 amide bonds. The van der Waals surface area contributed by atoms with Crippen molar-refractivity contribution < 1.29 is 14.4 Å². The number of amides is 1. The lowest BCUT2D eigenvalue weighted by Crippen LogP contribution is -2.19. The highest BCUT2D eigenvalue weighted by atomic mass is 16.5. The van der Waals surface area contributed by atoms with Crippen LogP contribution in [0.3, 0.4) is 0 Å². The molecular weight excluding hydrogens is 136 g/mol. The summed E-state index contributed by atoms with van der Waals surface area (Å²) in [4.78, 5) is 9.92. The maximum absolute atomic E-state index is 9.92. The minimum Gasteiger partial charge on any atom is -0.465 e. The van der Waals surface area contributed by atoms with Crippen LogP contribution in [0.4, 0.5) is 4.79 Å². The molecule has 0 saturated heterocycles. The molecule has 54 valence electrons. The Morgan fingerprint density at radius 2 is 2.70 bits per heavy atom. The van der Waals surface area contributed by atoms with Crippen molar-refractivity contribution in [2.24, 2.45) is 0 Å². The summed E-state index contributed by atoms with van der Waals surface area (Å²) in [6.07, 6.45) is 0.384. The minimum atomic E-state index is -1.07. The maximum Gasteiger partial charge on any atom is 0.405 e. The molecule has 0 radical (unpaired) electrons. The van der Waals surface area contributed by atoms with Crippen LogP contribution in [0.2, 0.25) is 0 Å². The summed E-state index contributed by atoms with van der Waals surface area (Å²) in [5.74, 6) is 0.502. The Kier molecular flexibility index (Phi) is 1.89. The van der Waals surface area contributed by atoms with Gasteiger partial charge in [0.25, 0.3) is 0 Å². The molecule has 0 bridgehead atoms. The van der Waals surface area contributed by atoms with Crippen LogP contribution < -0.4 is 5.32 Å². The number of carbonyl (C=O) groups is 1. The molecule has 0 aliphatic heterocycles. The van der Waals surface area contributed by atoms with Crippen LogP contribution in [-0.4, -0.2) is 16.4 Å². The van der Waals surface area contributed by atoms with Crippen molar-refractivity contribution in [1.29, 1.82) is 0 Å². The molecule has 1 heterocycles. The molecule has 5 nitrogen and oxygen atoms in total. The third-order valence-corrected chi connectivity index (χ3v) is 0.905. The van der Waals surface area contributed by atoms with Crippen LogP contribution in [0.15, 0.2) is 16.8 Å². The first-order valence-electron chi connectivity index (χ1n) is 2.65. The molecule has 0 atom stereocenters. The Labute approximate surface area is 56.6 Å². The molecule has 0 fully saturated rings. The average molecular weight is 142 g/mol. The van der Waals surface area contributed by atoms with Gasteiger partial charge in [-0.2, -0.15) is 0 Å². The van der Waals surface area contributed by atoms with E-state index in [9.17, 15) is 4.79 Å². The highest BCUT2D eigenvalue weighted by molar-refractivity contribution is 5.64.